The van der Waals surface area contributed by atoms with Crippen LogP contribution in [0.25, 0.3) is 0 Å². The van der Waals surface area contributed by atoms with Gasteiger partial charge in [-0.05, 0) is 36.2 Å². The molecule has 4 nitrogen and oxygen atoms in total. The minimum Gasteiger partial charge on any atom is -0.459 e. The third-order valence-corrected chi connectivity index (χ3v) is 3.61. The highest BCUT2D eigenvalue weighted by Gasteiger charge is 2.18. The maximum atomic E-state index is 12.6. The Labute approximate surface area is 135 Å². The van der Waals surface area contributed by atoms with Gasteiger partial charge in [0.05, 0.1) is 18.5 Å². The first-order chi connectivity index (χ1) is 11.3. The van der Waals surface area contributed by atoms with Crippen molar-refractivity contribution in [3.8, 4) is 0 Å². The van der Waals surface area contributed by atoms with Gasteiger partial charge in [0.1, 0.15) is 0 Å². The highest BCUT2D eigenvalue weighted by atomic mass is 16.3. The summed E-state index contributed by atoms with van der Waals surface area (Å²) < 4.78 is 5.25. The molecule has 0 radical (unpaired) electrons. The lowest BCUT2D eigenvalue weighted by Gasteiger charge is -2.21. The second-order valence-electron chi connectivity index (χ2n) is 5.26. The third kappa shape index (κ3) is 4.07. The average Bonchev–Trinajstić information content (AvgIpc) is 3.14. The van der Waals surface area contributed by atoms with Gasteiger partial charge in [-0.25, -0.2) is 0 Å². The highest BCUT2D eigenvalue weighted by Crippen LogP contribution is 2.11. The van der Waals surface area contributed by atoms with Gasteiger partial charge in [0.15, 0.2) is 5.76 Å². The zero-order valence-electron chi connectivity index (χ0n) is 12.8. The van der Waals surface area contributed by atoms with Crippen LogP contribution in [0.2, 0.25) is 0 Å². The SMILES string of the molecule is O=C(c1ccco1)N(CCc1ccccc1)Cc1ccccn1. The van der Waals surface area contributed by atoms with E-state index < -0.39 is 0 Å². The summed E-state index contributed by atoms with van der Waals surface area (Å²) in [5.41, 5.74) is 2.06. The molecule has 23 heavy (non-hydrogen) atoms. The molecule has 1 aromatic carbocycles. The fraction of sp³-hybridized carbons (Fsp3) is 0.158. The quantitative estimate of drug-likeness (QED) is 0.699. The van der Waals surface area contributed by atoms with Crippen molar-refractivity contribution in [1.29, 1.82) is 0 Å². The van der Waals surface area contributed by atoms with Crippen molar-refractivity contribution in [2.45, 2.75) is 13.0 Å². The number of hydrogen-bond donors (Lipinski definition) is 0. The second-order valence-corrected chi connectivity index (χ2v) is 5.26. The molecule has 0 atom stereocenters. The lowest BCUT2D eigenvalue weighted by Crippen LogP contribution is -2.32. The van der Waals surface area contributed by atoms with Gasteiger partial charge in [0.2, 0.25) is 0 Å². The number of carbonyl (C=O) groups is 1. The zero-order chi connectivity index (χ0) is 15.9. The Balaban J connectivity index is 1.74. The lowest BCUT2D eigenvalue weighted by atomic mass is 10.1. The Morgan fingerprint density at radius 3 is 2.52 bits per heavy atom. The summed E-state index contributed by atoms with van der Waals surface area (Å²) in [4.78, 5) is 18.7. The fourth-order valence-electron chi connectivity index (χ4n) is 2.40. The number of furan rings is 1. The molecule has 3 aromatic rings. The molecule has 0 fully saturated rings. The summed E-state index contributed by atoms with van der Waals surface area (Å²) in [6.45, 7) is 1.08. The predicted octanol–water partition coefficient (Wildman–Crippen LogP) is 3.56. The van der Waals surface area contributed by atoms with Gasteiger partial charge >= 0.3 is 0 Å². The molecule has 0 aliphatic carbocycles. The molecular weight excluding hydrogens is 288 g/mol. The Bertz CT molecular complexity index is 725. The first-order valence-corrected chi connectivity index (χ1v) is 7.59. The van der Waals surface area contributed by atoms with E-state index in [1.807, 2.05) is 36.4 Å². The maximum absolute atomic E-state index is 12.6. The van der Waals surface area contributed by atoms with Gasteiger partial charge in [0.25, 0.3) is 5.91 Å². The standard InChI is InChI=1S/C19H18N2O2/c22-19(18-10-6-14-23-18)21(15-17-9-4-5-12-20-17)13-11-16-7-2-1-3-8-16/h1-10,12,14H,11,13,15H2. The highest BCUT2D eigenvalue weighted by molar-refractivity contribution is 5.91. The van der Waals surface area contributed by atoms with Crippen LogP contribution < -0.4 is 0 Å². The van der Waals surface area contributed by atoms with E-state index in [0.29, 0.717) is 18.8 Å². The van der Waals surface area contributed by atoms with Gasteiger partial charge < -0.3 is 9.32 Å². The molecule has 3 rings (SSSR count). The number of pyridine rings is 1. The number of rotatable bonds is 6. The van der Waals surface area contributed by atoms with Crippen molar-refractivity contribution < 1.29 is 9.21 Å². The first kappa shape index (κ1) is 15.0. The first-order valence-electron chi connectivity index (χ1n) is 7.59. The Morgan fingerprint density at radius 1 is 1.00 bits per heavy atom. The maximum Gasteiger partial charge on any atom is 0.289 e. The molecule has 0 aliphatic heterocycles. The monoisotopic (exact) mass is 306 g/mol. The molecule has 0 aliphatic rings. The minimum absolute atomic E-state index is 0.114. The van der Waals surface area contributed by atoms with Crippen LogP contribution in [-0.2, 0) is 13.0 Å². The molecule has 4 heteroatoms. The van der Waals surface area contributed by atoms with Crippen LogP contribution in [0.15, 0.2) is 77.5 Å². The smallest absolute Gasteiger partial charge is 0.289 e. The van der Waals surface area contributed by atoms with Crippen LogP contribution in [-0.4, -0.2) is 22.3 Å². The zero-order valence-corrected chi connectivity index (χ0v) is 12.8. The van der Waals surface area contributed by atoms with Crippen molar-refractivity contribution in [2.75, 3.05) is 6.54 Å². The van der Waals surface area contributed by atoms with Crippen LogP contribution in [0.5, 0.6) is 0 Å². The van der Waals surface area contributed by atoms with Crippen LogP contribution in [0, 0.1) is 0 Å². The molecule has 2 heterocycles. The van der Waals surface area contributed by atoms with Gasteiger partial charge in [-0.3, -0.25) is 9.78 Å². The Hall–Kier alpha value is -2.88. The van der Waals surface area contributed by atoms with Crippen molar-refractivity contribution in [2.24, 2.45) is 0 Å². The molecular formula is C19H18N2O2. The van der Waals surface area contributed by atoms with Gasteiger partial charge in [-0.1, -0.05) is 36.4 Å². The molecule has 0 saturated carbocycles. The van der Waals surface area contributed by atoms with Crippen molar-refractivity contribution in [3.63, 3.8) is 0 Å². The fourth-order valence-corrected chi connectivity index (χ4v) is 2.40. The number of amides is 1. The summed E-state index contributed by atoms with van der Waals surface area (Å²) in [5.74, 6) is 0.241. The number of benzene rings is 1. The Kier molecular flexibility index (Phi) is 4.84. The van der Waals surface area contributed by atoms with Crippen LogP contribution >= 0.6 is 0 Å². The number of hydrogen-bond acceptors (Lipinski definition) is 3. The van der Waals surface area contributed by atoms with Gasteiger partial charge in [0, 0.05) is 12.7 Å². The van der Waals surface area contributed by atoms with E-state index in [-0.39, 0.29) is 5.91 Å². The van der Waals surface area contributed by atoms with Gasteiger partial charge in [-0.15, -0.1) is 0 Å². The molecule has 1 amide bonds. The van der Waals surface area contributed by atoms with E-state index in [1.165, 1.54) is 11.8 Å². The van der Waals surface area contributed by atoms with Crippen LogP contribution in [0.3, 0.4) is 0 Å². The normalized spacial score (nSPS) is 10.4. The lowest BCUT2D eigenvalue weighted by molar-refractivity contribution is 0.0711. The van der Waals surface area contributed by atoms with E-state index in [1.54, 1.807) is 23.2 Å². The molecule has 116 valence electrons. The van der Waals surface area contributed by atoms with Crippen LogP contribution in [0.1, 0.15) is 21.8 Å². The average molecular weight is 306 g/mol. The molecule has 2 aromatic heterocycles. The van der Waals surface area contributed by atoms with E-state index in [0.717, 1.165) is 12.1 Å². The van der Waals surface area contributed by atoms with Gasteiger partial charge in [-0.2, -0.15) is 0 Å². The topological polar surface area (TPSA) is 46.3 Å². The second kappa shape index (κ2) is 7.40. The molecule has 0 spiro atoms. The summed E-state index contributed by atoms with van der Waals surface area (Å²) in [5, 5.41) is 0. The molecule has 0 N–H and O–H groups in total. The molecule has 0 unspecified atom stereocenters. The van der Waals surface area contributed by atoms with E-state index in [4.69, 9.17) is 4.42 Å². The minimum atomic E-state index is -0.114. The Morgan fingerprint density at radius 2 is 1.83 bits per heavy atom. The number of aromatic nitrogens is 1. The summed E-state index contributed by atoms with van der Waals surface area (Å²) in [7, 11) is 0. The van der Waals surface area contributed by atoms with Crippen molar-refractivity contribution >= 4 is 5.91 Å². The van der Waals surface area contributed by atoms with E-state index >= 15 is 0 Å². The van der Waals surface area contributed by atoms with E-state index in [9.17, 15) is 4.79 Å². The summed E-state index contributed by atoms with van der Waals surface area (Å²) in [6.07, 6.45) is 4.05. The largest absolute Gasteiger partial charge is 0.459 e. The molecule has 0 saturated heterocycles. The summed E-state index contributed by atoms with van der Waals surface area (Å²) >= 11 is 0. The van der Waals surface area contributed by atoms with Crippen molar-refractivity contribution in [1.82, 2.24) is 9.88 Å². The van der Waals surface area contributed by atoms with Crippen LogP contribution in [0.4, 0.5) is 0 Å². The van der Waals surface area contributed by atoms with Crippen molar-refractivity contribution in [3.05, 3.63) is 90.1 Å². The third-order valence-electron chi connectivity index (χ3n) is 3.61. The number of nitrogens with zero attached hydrogens (tertiary/aromatic N) is 2. The predicted molar refractivity (Wildman–Crippen MR) is 87.8 cm³/mol. The molecule has 0 bridgehead atoms. The van der Waals surface area contributed by atoms with E-state index in [2.05, 4.69) is 17.1 Å². The summed E-state index contributed by atoms with van der Waals surface area (Å²) in [6, 6.07) is 19.3. The number of carbonyl (C=O) groups excluding carboxylic acids is 1.